The van der Waals surface area contributed by atoms with Crippen molar-refractivity contribution < 1.29 is 9.21 Å². The minimum Gasteiger partial charge on any atom is -0.410 e. The van der Waals surface area contributed by atoms with E-state index in [4.69, 9.17) is 4.42 Å². The number of hydrogen-bond donors (Lipinski definition) is 1. The number of nitrogens with zero attached hydrogens (tertiary/aromatic N) is 2. The van der Waals surface area contributed by atoms with Gasteiger partial charge in [0.15, 0.2) is 0 Å². The Bertz CT molecular complexity index is 1060. The lowest BCUT2D eigenvalue weighted by atomic mass is 10.0. The molecule has 4 aromatic rings. The van der Waals surface area contributed by atoms with Gasteiger partial charge in [0.25, 0.3) is 11.1 Å². The summed E-state index contributed by atoms with van der Waals surface area (Å²) in [5, 5.41) is 13.0. The zero-order chi connectivity index (χ0) is 19.3. The molecule has 0 saturated carbocycles. The first kappa shape index (κ1) is 18.5. The van der Waals surface area contributed by atoms with Crippen LogP contribution in [0.2, 0.25) is 0 Å². The highest BCUT2D eigenvalue weighted by Gasteiger charge is 2.20. The van der Waals surface area contributed by atoms with Crippen LogP contribution in [0.15, 0.2) is 81.8 Å². The highest BCUT2D eigenvalue weighted by atomic mass is 32.2. The summed E-state index contributed by atoms with van der Waals surface area (Å²) in [5.74, 6) is 0.351. The number of benzene rings is 2. The van der Waals surface area contributed by atoms with E-state index in [1.54, 1.807) is 0 Å². The van der Waals surface area contributed by atoms with Gasteiger partial charge in [-0.1, -0.05) is 66.4 Å². The van der Waals surface area contributed by atoms with Crippen molar-refractivity contribution in [3.05, 3.63) is 72.1 Å². The number of carbonyl (C=O) groups excluding carboxylic acids is 1. The topological polar surface area (TPSA) is 68.0 Å². The summed E-state index contributed by atoms with van der Waals surface area (Å²) in [7, 11) is 0. The van der Waals surface area contributed by atoms with Crippen LogP contribution in [0.4, 0.5) is 5.69 Å². The monoisotopic (exact) mass is 407 g/mol. The van der Waals surface area contributed by atoms with E-state index in [0.29, 0.717) is 11.1 Å². The van der Waals surface area contributed by atoms with Gasteiger partial charge in [-0.2, -0.15) is 0 Å². The van der Waals surface area contributed by atoms with Crippen molar-refractivity contribution in [3.8, 4) is 21.9 Å². The molecule has 4 rings (SSSR count). The summed E-state index contributed by atoms with van der Waals surface area (Å²) in [5.41, 5.74) is 2.80. The second-order valence-electron chi connectivity index (χ2n) is 6.01. The summed E-state index contributed by atoms with van der Waals surface area (Å²) in [6.07, 6.45) is 0. The zero-order valence-corrected chi connectivity index (χ0v) is 16.7. The van der Waals surface area contributed by atoms with Gasteiger partial charge in [-0.15, -0.1) is 21.5 Å². The van der Waals surface area contributed by atoms with E-state index in [2.05, 4.69) is 15.5 Å². The number of rotatable bonds is 6. The average molecular weight is 408 g/mol. The Kier molecular flexibility index (Phi) is 5.55. The maximum Gasteiger partial charge on any atom is 0.277 e. The molecule has 0 fully saturated rings. The molecule has 0 radical (unpaired) electrons. The first-order chi connectivity index (χ1) is 13.7. The standard InChI is InChI=1S/C21H17N3O2S2/c1-14(28-21-24-23-20(26-21)18-12-7-13-27-18)19(25)22-17-11-6-5-10-16(17)15-8-3-2-4-9-15/h2-14H,1H3,(H,22,25)/t14-/m0/s1. The normalized spacial score (nSPS) is 11.9. The fraction of sp³-hybridized carbons (Fsp3) is 0.0952. The van der Waals surface area contributed by atoms with Crippen molar-refractivity contribution in [2.75, 3.05) is 5.32 Å². The summed E-state index contributed by atoms with van der Waals surface area (Å²) in [6, 6.07) is 21.6. The van der Waals surface area contributed by atoms with E-state index in [0.717, 1.165) is 21.7 Å². The molecule has 140 valence electrons. The van der Waals surface area contributed by atoms with Gasteiger partial charge in [0.2, 0.25) is 5.91 Å². The highest BCUT2D eigenvalue weighted by Crippen LogP contribution is 2.31. The number of aromatic nitrogens is 2. The van der Waals surface area contributed by atoms with Crippen LogP contribution in [-0.4, -0.2) is 21.4 Å². The third kappa shape index (κ3) is 4.16. The van der Waals surface area contributed by atoms with E-state index < -0.39 is 0 Å². The molecule has 0 spiro atoms. The smallest absolute Gasteiger partial charge is 0.277 e. The van der Waals surface area contributed by atoms with Crippen LogP contribution in [0.5, 0.6) is 0 Å². The fourth-order valence-corrected chi connectivity index (χ4v) is 3.99. The molecule has 28 heavy (non-hydrogen) atoms. The molecule has 7 heteroatoms. The maximum absolute atomic E-state index is 12.7. The lowest BCUT2D eigenvalue weighted by Gasteiger charge is -2.13. The molecule has 2 aromatic carbocycles. The third-order valence-corrected chi connectivity index (χ3v) is 5.85. The highest BCUT2D eigenvalue weighted by molar-refractivity contribution is 8.00. The van der Waals surface area contributed by atoms with Gasteiger partial charge >= 0.3 is 0 Å². The molecule has 2 aromatic heterocycles. The molecule has 0 aliphatic carbocycles. The Balaban J connectivity index is 1.46. The van der Waals surface area contributed by atoms with Crippen LogP contribution in [0.3, 0.4) is 0 Å². The Morgan fingerprint density at radius 3 is 2.61 bits per heavy atom. The van der Waals surface area contributed by atoms with Crippen molar-refractivity contribution in [1.82, 2.24) is 10.2 Å². The van der Waals surface area contributed by atoms with Gasteiger partial charge in [0, 0.05) is 11.3 Å². The van der Waals surface area contributed by atoms with E-state index >= 15 is 0 Å². The molecule has 0 unspecified atom stereocenters. The Labute approximate surface area is 170 Å². The number of carbonyl (C=O) groups is 1. The predicted molar refractivity (Wildman–Crippen MR) is 113 cm³/mol. The quantitative estimate of drug-likeness (QED) is 0.422. The lowest BCUT2D eigenvalue weighted by Crippen LogP contribution is -2.22. The number of hydrogen-bond acceptors (Lipinski definition) is 6. The van der Waals surface area contributed by atoms with E-state index in [1.807, 2.05) is 79.0 Å². The molecule has 2 heterocycles. The van der Waals surface area contributed by atoms with Gasteiger partial charge in [-0.05, 0) is 30.0 Å². The lowest BCUT2D eigenvalue weighted by molar-refractivity contribution is -0.115. The number of amides is 1. The molecule has 0 aliphatic heterocycles. The van der Waals surface area contributed by atoms with E-state index in [-0.39, 0.29) is 11.2 Å². The summed E-state index contributed by atoms with van der Waals surface area (Å²) in [4.78, 5) is 13.6. The Morgan fingerprint density at radius 2 is 1.82 bits per heavy atom. The first-order valence-electron chi connectivity index (χ1n) is 8.70. The minimum atomic E-state index is -0.388. The maximum atomic E-state index is 12.7. The number of para-hydroxylation sites is 1. The number of nitrogens with one attached hydrogen (secondary N) is 1. The van der Waals surface area contributed by atoms with Crippen molar-refractivity contribution in [2.45, 2.75) is 17.4 Å². The van der Waals surface area contributed by atoms with Gasteiger partial charge in [-0.3, -0.25) is 4.79 Å². The molecular formula is C21H17N3O2S2. The number of thioether (sulfide) groups is 1. The van der Waals surface area contributed by atoms with E-state index in [9.17, 15) is 4.79 Å². The molecule has 0 aliphatic rings. The van der Waals surface area contributed by atoms with Crippen molar-refractivity contribution in [3.63, 3.8) is 0 Å². The molecule has 1 N–H and O–H groups in total. The SMILES string of the molecule is C[C@H](Sc1nnc(-c2cccs2)o1)C(=O)Nc1ccccc1-c1ccccc1. The molecule has 0 saturated heterocycles. The van der Waals surface area contributed by atoms with Crippen LogP contribution < -0.4 is 5.32 Å². The summed E-state index contributed by atoms with van der Waals surface area (Å²) < 4.78 is 5.66. The predicted octanol–water partition coefficient (Wildman–Crippen LogP) is 5.58. The van der Waals surface area contributed by atoms with Crippen LogP contribution in [-0.2, 0) is 4.79 Å². The molecule has 1 atom stereocenters. The van der Waals surface area contributed by atoms with Gasteiger partial charge < -0.3 is 9.73 Å². The van der Waals surface area contributed by atoms with Gasteiger partial charge in [0.1, 0.15) is 0 Å². The Hall–Kier alpha value is -2.90. The van der Waals surface area contributed by atoms with Crippen LogP contribution in [0.25, 0.3) is 21.9 Å². The third-order valence-electron chi connectivity index (χ3n) is 4.05. The van der Waals surface area contributed by atoms with Gasteiger partial charge in [-0.25, -0.2) is 0 Å². The molecule has 5 nitrogen and oxygen atoms in total. The van der Waals surface area contributed by atoms with Crippen LogP contribution >= 0.6 is 23.1 Å². The van der Waals surface area contributed by atoms with Crippen molar-refractivity contribution in [2.24, 2.45) is 0 Å². The Morgan fingerprint density at radius 1 is 1.04 bits per heavy atom. The molecule has 0 bridgehead atoms. The zero-order valence-electron chi connectivity index (χ0n) is 15.0. The minimum absolute atomic E-state index is 0.121. The van der Waals surface area contributed by atoms with Crippen LogP contribution in [0.1, 0.15) is 6.92 Å². The van der Waals surface area contributed by atoms with Crippen molar-refractivity contribution >= 4 is 34.7 Å². The average Bonchev–Trinajstić information content (AvgIpc) is 3.41. The first-order valence-corrected chi connectivity index (χ1v) is 10.5. The van der Waals surface area contributed by atoms with Gasteiger partial charge in [0.05, 0.1) is 10.1 Å². The second-order valence-corrected chi connectivity index (χ2v) is 8.25. The largest absolute Gasteiger partial charge is 0.410 e. The molecule has 1 amide bonds. The van der Waals surface area contributed by atoms with Crippen molar-refractivity contribution in [1.29, 1.82) is 0 Å². The van der Waals surface area contributed by atoms with E-state index in [1.165, 1.54) is 23.1 Å². The second kappa shape index (κ2) is 8.41. The summed E-state index contributed by atoms with van der Waals surface area (Å²) in [6.45, 7) is 1.82. The number of thiophene rings is 1. The molecular weight excluding hydrogens is 390 g/mol. The number of anilines is 1. The summed E-state index contributed by atoms with van der Waals surface area (Å²) >= 11 is 2.77. The van der Waals surface area contributed by atoms with Crippen LogP contribution in [0, 0.1) is 0 Å². The fourth-order valence-electron chi connectivity index (χ4n) is 2.66.